The monoisotopic (exact) mass is 362 g/mol. The van der Waals surface area contributed by atoms with Gasteiger partial charge in [0.15, 0.2) is 17.5 Å². The van der Waals surface area contributed by atoms with E-state index in [4.69, 9.17) is 4.74 Å². The number of likely N-dealkylation sites (tertiary alicyclic amines) is 1. The van der Waals surface area contributed by atoms with Crippen molar-refractivity contribution < 1.29 is 9.13 Å². The fourth-order valence-corrected chi connectivity index (χ4v) is 3.04. The molecule has 6 heteroatoms. The number of rotatable bonds is 7. The first-order chi connectivity index (χ1) is 12.5. The van der Waals surface area contributed by atoms with Crippen LogP contribution in [0.3, 0.4) is 0 Å². The molecule has 144 valence electrons. The molecular weight excluding hydrogens is 331 g/mol. The first-order valence-corrected chi connectivity index (χ1v) is 9.23. The van der Waals surface area contributed by atoms with E-state index in [-0.39, 0.29) is 17.7 Å². The predicted octanol–water partition coefficient (Wildman–Crippen LogP) is 2.80. The molecule has 1 atom stereocenters. The van der Waals surface area contributed by atoms with Crippen LogP contribution in [0.4, 0.5) is 4.39 Å². The Hall–Kier alpha value is -2.08. The fourth-order valence-electron chi connectivity index (χ4n) is 3.04. The first-order valence-electron chi connectivity index (χ1n) is 9.23. The summed E-state index contributed by atoms with van der Waals surface area (Å²) in [7, 11) is 1.76. The van der Waals surface area contributed by atoms with E-state index in [9.17, 15) is 4.39 Å². The van der Waals surface area contributed by atoms with Crippen LogP contribution in [-0.4, -0.2) is 56.2 Å². The molecule has 1 unspecified atom stereocenters. The molecule has 26 heavy (non-hydrogen) atoms. The molecule has 1 saturated heterocycles. The lowest BCUT2D eigenvalue weighted by Gasteiger charge is -2.33. The second kappa shape index (κ2) is 10.2. The Morgan fingerprint density at radius 1 is 1.38 bits per heavy atom. The third kappa shape index (κ3) is 6.67. The van der Waals surface area contributed by atoms with Gasteiger partial charge in [-0.05, 0) is 38.8 Å². The predicted molar refractivity (Wildman–Crippen MR) is 105 cm³/mol. The van der Waals surface area contributed by atoms with Gasteiger partial charge in [-0.1, -0.05) is 24.3 Å². The number of hydrogen-bond acceptors (Lipinski definition) is 3. The molecule has 1 aliphatic heterocycles. The lowest BCUT2D eigenvalue weighted by Crippen LogP contribution is -2.50. The van der Waals surface area contributed by atoms with Crippen molar-refractivity contribution in [2.24, 2.45) is 4.99 Å². The number of hydrogen-bond donors (Lipinski definition) is 2. The third-order valence-electron chi connectivity index (χ3n) is 4.37. The van der Waals surface area contributed by atoms with E-state index in [1.165, 1.54) is 11.6 Å². The Morgan fingerprint density at radius 3 is 2.69 bits per heavy atom. The zero-order valence-electron chi connectivity index (χ0n) is 16.1. The maximum absolute atomic E-state index is 13.6. The van der Waals surface area contributed by atoms with Gasteiger partial charge in [0, 0.05) is 32.7 Å². The molecule has 0 radical (unpaired) electrons. The van der Waals surface area contributed by atoms with Crippen LogP contribution in [0.25, 0.3) is 0 Å². The molecule has 1 aliphatic rings. The van der Waals surface area contributed by atoms with Crippen LogP contribution in [0.5, 0.6) is 5.75 Å². The van der Waals surface area contributed by atoms with Gasteiger partial charge in [-0.15, -0.1) is 0 Å². The summed E-state index contributed by atoms with van der Waals surface area (Å²) in [5.41, 5.74) is 1.21. The number of guanidine groups is 1. The largest absolute Gasteiger partial charge is 0.486 e. The zero-order valence-corrected chi connectivity index (χ0v) is 16.1. The Bertz CT molecular complexity index is 612. The van der Waals surface area contributed by atoms with Crippen molar-refractivity contribution in [1.29, 1.82) is 0 Å². The second-order valence-corrected chi connectivity index (χ2v) is 6.96. The molecule has 0 aliphatic carbocycles. The van der Waals surface area contributed by atoms with Gasteiger partial charge < -0.3 is 15.4 Å². The lowest BCUT2D eigenvalue weighted by atomic mass is 10.0. The van der Waals surface area contributed by atoms with Crippen LogP contribution in [0.15, 0.2) is 41.4 Å². The average Bonchev–Trinajstić information content (AvgIpc) is 2.61. The van der Waals surface area contributed by atoms with Crippen LogP contribution < -0.4 is 15.4 Å². The first kappa shape index (κ1) is 20.2. The van der Waals surface area contributed by atoms with Gasteiger partial charge in [0.2, 0.25) is 0 Å². The smallest absolute Gasteiger partial charge is 0.191 e. The standard InChI is InChI=1S/C20H31FN4O/c1-15(2)14-25-11-9-17(10-12-25)24-20(22-4)23-13-16(3)26-19-8-6-5-7-18(19)21/h5-8,16-17H,1,9-14H2,2-4H3,(H2,22,23,24). The van der Waals surface area contributed by atoms with Crippen molar-refractivity contribution in [1.82, 2.24) is 15.5 Å². The molecule has 1 aromatic carbocycles. The second-order valence-electron chi connectivity index (χ2n) is 6.96. The van der Waals surface area contributed by atoms with Gasteiger partial charge in [0.05, 0.1) is 6.54 Å². The Kier molecular flexibility index (Phi) is 7.91. The van der Waals surface area contributed by atoms with E-state index in [0.717, 1.165) is 38.4 Å². The highest BCUT2D eigenvalue weighted by molar-refractivity contribution is 5.80. The van der Waals surface area contributed by atoms with Gasteiger partial charge >= 0.3 is 0 Å². The van der Waals surface area contributed by atoms with Gasteiger partial charge in [-0.25, -0.2) is 4.39 Å². The van der Waals surface area contributed by atoms with E-state index >= 15 is 0 Å². The van der Waals surface area contributed by atoms with Crippen molar-refractivity contribution in [3.8, 4) is 5.75 Å². The lowest BCUT2D eigenvalue weighted by molar-refractivity contribution is 0.211. The summed E-state index contributed by atoms with van der Waals surface area (Å²) in [6.07, 6.45) is 1.98. The van der Waals surface area contributed by atoms with Crippen LogP contribution >= 0.6 is 0 Å². The minimum atomic E-state index is -0.344. The number of para-hydroxylation sites is 1. The van der Waals surface area contributed by atoms with Crippen LogP contribution in [0.2, 0.25) is 0 Å². The SMILES string of the molecule is C=C(C)CN1CCC(NC(=NC)NCC(C)Oc2ccccc2F)CC1. The molecule has 0 aromatic heterocycles. The topological polar surface area (TPSA) is 48.9 Å². The molecule has 1 aromatic rings. The Balaban J connectivity index is 1.73. The zero-order chi connectivity index (χ0) is 18.9. The molecule has 5 nitrogen and oxygen atoms in total. The van der Waals surface area contributed by atoms with Gasteiger partial charge in [-0.3, -0.25) is 9.89 Å². The van der Waals surface area contributed by atoms with Crippen molar-refractivity contribution in [2.45, 2.75) is 38.8 Å². The summed E-state index contributed by atoms with van der Waals surface area (Å²) in [5.74, 6) is 0.686. The molecule has 0 amide bonds. The van der Waals surface area contributed by atoms with Gasteiger partial charge in [0.25, 0.3) is 0 Å². The quantitative estimate of drug-likeness (QED) is 0.445. The molecule has 2 N–H and O–H groups in total. The van der Waals surface area contributed by atoms with Crippen molar-refractivity contribution >= 4 is 5.96 Å². The van der Waals surface area contributed by atoms with Gasteiger partial charge in [-0.2, -0.15) is 0 Å². The van der Waals surface area contributed by atoms with E-state index in [0.29, 0.717) is 12.6 Å². The third-order valence-corrected chi connectivity index (χ3v) is 4.37. The van der Waals surface area contributed by atoms with Crippen molar-refractivity contribution in [3.63, 3.8) is 0 Å². The highest BCUT2D eigenvalue weighted by atomic mass is 19.1. The van der Waals surface area contributed by atoms with Crippen molar-refractivity contribution in [2.75, 3.05) is 33.2 Å². The number of piperidine rings is 1. The minimum absolute atomic E-state index is 0.178. The summed E-state index contributed by atoms with van der Waals surface area (Å²) >= 11 is 0. The summed E-state index contributed by atoms with van der Waals surface area (Å²) < 4.78 is 19.3. The van der Waals surface area contributed by atoms with Gasteiger partial charge in [0.1, 0.15) is 6.10 Å². The number of aliphatic imine (C=N–C) groups is 1. The van der Waals surface area contributed by atoms with Crippen LogP contribution in [0.1, 0.15) is 26.7 Å². The van der Waals surface area contributed by atoms with Crippen molar-refractivity contribution in [3.05, 3.63) is 42.2 Å². The molecule has 0 saturated carbocycles. The number of nitrogens with zero attached hydrogens (tertiary/aromatic N) is 2. The summed E-state index contributed by atoms with van der Waals surface area (Å²) in [5, 5.41) is 6.73. The highest BCUT2D eigenvalue weighted by Crippen LogP contribution is 2.16. The number of ether oxygens (including phenoxy) is 1. The molecule has 1 fully saturated rings. The van der Waals surface area contributed by atoms with E-state index in [1.54, 1.807) is 25.2 Å². The molecule has 0 spiro atoms. The maximum Gasteiger partial charge on any atom is 0.191 e. The summed E-state index contributed by atoms with van der Waals surface area (Å²) in [6.45, 7) is 11.6. The Labute approximate surface area is 156 Å². The number of nitrogens with one attached hydrogen (secondary N) is 2. The number of benzene rings is 1. The summed E-state index contributed by atoms with van der Waals surface area (Å²) in [4.78, 5) is 6.71. The molecule has 2 rings (SSSR count). The van der Waals surface area contributed by atoms with E-state index in [1.807, 2.05) is 6.92 Å². The van der Waals surface area contributed by atoms with E-state index < -0.39 is 0 Å². The van der Waals surface area contributed by atoms with E-state index in [2.05, 4.69) is 34.0 Å². The normalized spacial score (nSPS) is 17.6. The highest BCUT2D eigenvalue weighted by Gasteiger charge is 2.20. The fraction of sp³-hybridized carbons (Fsp3) is 0.550. The molecule has 0 bridgehead atoms. The Morgan fingerprint density at radius 2 is 2.08 bits per heavy atom. The average molecular weight is 362 g/mol. The van der Waals surface area contributed by atoms with Crippen LogP contribution in [-0.2, 0) is 0 Å². The molecular formula is C20H31FN4O. The van der Waals surface area contributed by atoms with Crippen LogP contribution in [0, 0.1) is 5.82 Å². The summed E-state index contributed by atoms with van der Waals surface area (Å²) in [6, 6.07) is 6.86. The maximum atomic E-state index is 13.6. The molecule has 1 heterocycles. The number of halogens is 1. The minimum Gasteiger partial charge on any atom is -0.486 e.